The van der Waals surface area contributed by atoms with Crippen molar-refractivity contribution in [3.8, 4) is 0 Å². The number of carbonyl (C=O) groups is 4. The number of benzene rings is 1. The maximum absolute atomic E-state index is 12.5. The number of aliphatic carboxylic acids is 1. The van der Waals surface area contributed by atoms with Gasteiger partial charge in [-0.15, -0.1) is 0 Å². The average Bonchev–Trinajstić information content (AvgIpc) is 2.90. The van der Waals surface area contributed by atoms with Crippen molar-refractivity contribution in [2.24, 2.45) is 0 Å². The Labute approximate surface area is 230 Å². The molecule has 0 amide bonds. The molecule has 0 atom stereocenters. The number of rotatable bonds is 13. The zero-order valence-electron chi connectivity index (χ0n) is 23.8. The summed E-state index contributed by atoms with van der Waals surface area (Å²) in [5, 5.41) is 7.91. The van der Waals surface area contributed by atoms with Crippen molar-refractivity contribution < 1.29 is 38.5 Å². The lowest BCUT2D eigenvalue weighted by Crippen LogP contribution is -2.15. The van der Waals surface area contributed by atoms with Gasteiger partial charge in [0.25, 0.3) is 0 Å². The second kappa shape index (κ2) is 17.6. The second-order valence-corrected chi connectivity index (χ2v) is 8.88. The summed E-state index contributed by atoms with van der Waals surface area (Å²) in [7, 11) is 0. The van der Waals surface area contributed by atoms with Gasteiger partial charge in [-0.25, -0.2) is 9.59 Å². The molecule has 0 aliphatic rings. The van der Waals surface area contributed by atoms with Gasteiger partial charge in [0.1, 0.15) is 6.61 Å². The highest BCUT2D eigenvalue weighted by Gasteiger charge is 2.20. The van der Waals surface area contributed by atoms with E-state index in [9.17, 15) is 19.2 Å². The van der Waals surface area contributed by atoms with E-state index in [4.69, 9.17) is 19.3 Å². The Morgan fingerprint density at radius 2 is 1.33 bits per heavy atom. The minimum atomic E-state index is -0.711. The summed E-state index contributed by atoms with van der Waals surface area (Å²) in [4.78, 5) is 55.6. The van der Waals surface area contributed by atoms with Gasteiger partial charge in [0.15, 0.2) is 0 Å². The molecule has 1 aromatic heterocycles. The number of carboxylic acids is 1. The van der Waals surface area contributed by atoms with E-state index in [1.165, 1.54) is 6.07 Å². The molecule has 39 heavy (non-hydrogen) atoms. The zero-order chi connectivity index (χ0) is 29.4. The first-order valence-corrected chi connectivity index (χ1v) is 13.2. The van der Waals surface area contributed by atoms with Crippen molar-refractivity contribution in [2.45, 2.75) is 86.7 Å². The van der Waals surface area contributed by atoms with Crippen molar-refractivity contribution in [3.63, 3.8) is 0 Å². The van der Waals surface area contributed by atoms with E-state index in [0.29, 0.717) is 36.9 Å². The minimum absolute atomic E-state index is 0.0512. The third-order valence-corrected chi connectivity index (χ3v) is 5.43. The van der Waals surface area contributed by atoms with Crippen molar-refractivity contribution in [2.75, 3.05) is 13.2 Å². The first kappa shape index (κ1) is 33.2. The number of ether oxygens (including phenoxy) is 3. The molecule has 0 saturated carbocycles. The number of aromatic nitrogens is 2. The largest absolute Gasteiger partial charge is 0.481 e. The number of esters is 3. The standard InChI is InChI=1S/C25H32N2O6.C4H8O2/c1-6-12-31-24(29)20-10-8-19(14-21(20)25(30)32-13-7-2)9-11-23(28)33-15-22-18(5)26-16(3)17(4)27-22;1-2-3-4(5)6/h8,10,14H,6-7,9,11-13,15H2,1-5H3;2-3H2,1H3,(H,5,6). The quantitative estimate of drug-likeness (QED) is 0.268. The normalized spacial score (nSPS) is 10.2. The van der Waals surface area contributed by atoms with Gasteiger partial charge in [-0.1, -0.05) is 26.8 Å². The van der Waals surface area contributed by atoms with Crippen LogP contribution in [0.4, 0.5) is 0 Å². The van der Waals surface area contributed by atoms with Crippen LogP contribution in [0, 0.1) is 20.8 Å². The predicted octanol–water partition coefficient (Wildman–Crippen LogP) is 5.08. The van der Waals surface area contributed by atoms with E-state index in [2.05, 4.69) is 9.97 Å². The molecule has 2 aromatic rings. The maximum Gasteiger partial charge on any atom is 0.339 e. The molecule has 0 unspecified atom stereocenters. The number of hydrogen-bond donors (Lipinski definition) is 1. The van der Waals surface area contributed by atoms with Crippen molar-refractivity contribution in [1.82, 2.24) is 9.97 Å². The lowest BCUT2D eigenvalue weighted by atomic mass is 10.0. The number of aryl methyl sites for hydroxylation is 4. The third-order valence-electron chi connectivity index (χ3n) is 5.43. The van der Waals surface area contributed by atoms with Gasteiger partial charge < -0.3 is 19.3 Å². The fraction of sp³-hybridized carbons (Fsp3) is 0.517. The minimum Gasteiger partial charge on any atom is -0.481 e. The lowest BCUT2D eigenvalue weighted by Gasteiger charge is -2.12. The lowest BCUT2D eigenvalue weighted by molar-refractivity contribution is -0.145. The Balaban J connectivity index is 0.00000113. The first-order valence-electron chi connectivity index (χ1n) is 13.2. The molecule has 2 rings (SSSR count). The van der Waals surface area contributed by atoms with Crippen LogP contribution in [0.15, 0.2) is 18.2 Å². The van der Waals surface area contributed by atoms with Gasteiger partial charge >= 0.3 is 23.9 Å². The molecule has 1 heterocycles. The maximum atomic E-state index is 12.5. The van der Waals surface area contributed by atoms with Gasteiger partial charge in [-0.3, -0.25) is 19.6 Å². The Bertz CT molecular complexity index is 1130. The van der Waals surface area contributed by atoms with E-state index in [-0.39, 0.29) is 37.4 Å². The van der Waals surface area contributed by atoms with Crippen molar-refractivity contribution in [1.29, 1.82) is 0 Å². The van der Waals surface area contributed by atoms with Crippen LogP contribution < -0.4 is 0 Å². The molecule has 0 saturated heterocycles. The molecule has 0 fully saturated rings. The summed E-state index contributed by atoms with van der Waals surface area (Å²) < 4.78 is 15.8. The number of hydrogen-bond acceptors (Lipinski definition) is 9. The number of carboxylic acid groups (broad SMARTS) is 1. The molecule has 1 N–H and O–H groups in total. The fourth-order valence-corrected chi connectivity index (χ4v) is 3.22. The second-order valence-electron chi connectivity index (χ2n) is 8.88. The number of carbonyl (C=O) groups excluding carboxylic acids is 3. The SMILES string of the molecule is CCCC(=O)O.CCCOC(=O)c1ccc(CCC(=O)OCc2nc(C)c(C)nc2C)cc1C(=O)OCCC. The van der Waals surface area contributed by atoms with E-state index >= 15 is 0 Å². The molecular weight excluding hydrogens is 504 g/mol. The van der Waals surface area contributed by atoms with Crippen LogP contribution in [0.5, 0.6) is 0 Å². The summed E-state index contributed by atoms with van der Waals surface area (Å²) in [6.07, 6.45) is 2.82. The average molecular weight is 545 g/mol. The Kier molecular flexibility index (Phi) is 15.0. The Hall–Kier alpha value is -3.82. The van der Waals surface area contributed by atoms with Crippen LogP contribution in [0.25, 0.3) is 0 Å². The van der Waals surface area contributed by atoms with Gasteiger partial charge in [0, 0.05) is 12.8 Å². The molecule has 0 aliphatic carbocycles. The van der Waals surface area contributed by atoms with Crippen LogP contribution in [-0.4, -0.2) is 52.2 Å². The van der Waals surface area contributed by atoms with Gasteiger partial charge in [0.2, 0.25) is 0 Å². The number of nitrogens with zero attached hydrogens (tertiary/aromatic N) is 2. The molecule has 0 radical (unpaired) electrons. The van der Waals surface area contributed by atoms with Gasteiger partial charge in [0.05, 0.1) is 47.1 Å². The third kappa shape index (κ3) is 12.1. The highest BCUT2D eigenvalue weighted by molar-refractivity contribution is 6.03. The molecule has 10 heteroatoms. The smallest absolute Gasteiger partial charge is 0.339 e. The van der Waals surface area contributed by atoms with E-state index < -0.39 is 23.9 Å². The van der Waals surface area contributed by atoms with Crippen LogP contribution in [-0.2, 0) is 36.8 Å². The molecule has 0 aliphatic heterocycles. The van der Waals surface area contributed by atoms with Crippen LogP contribution in [0.2, 0.25) is 0 Å². The summed E-state index contributed by atoms with van der Waals surface area (Å²) in [6.45, 7) is 11.7. The fourth-order valence-electron chi connectivity index (χ4n) is 3.22. The topological polar surface area (TPSA) is 142 Å². The molecule has 10 nitrogen and oxygen atoms in total. The first-order chi connectivity index (χ1) is 18.5. The summed E-state index contributed by atoms with van der Waals surface area (Å²) in [5.74, 6) is -2.27. The monoisotopic (exact) mass is 544 g/mol. The van der Waals surface area contributed by atoms with Crippen molar-refractivity contribution in [3.05, 3.63) is 57.7 Å². The Morgan fingerprint density at radius 1 is 0.744 bits per heavy atom. The summed E-state index contributed by atoms with van der Waals surface area (Å²) in [6, 6.07) is 4.81. The Morgan fingerprint density at radius 3 is 1.87 bits per heavy atom. The highest BCUT2D eigenvalue weighted by Crippen LogP contribution is 2.17. The van der Waals surface area contributed by atoms with Crippen LogP contribution >= 0.6 is 0 Å². The van der Waals surface area contributed by atoms with Gasteiger partial charge in [-0.05, 0) is 64.2 Å². The predicted molar refractivity (Wildman–Crippen MR) is 144 cm³/mol. The molecule has 0 spiro atoms. The molecule has 1 aromatic carbocycles. The zero-order valence-corrected chi connectivity index (χ0v) is 23.8. The van der Waals surface area contributed by atoms with E-state index in [1.807, 2.05) is 41.5 Å². The van der Waals surface area contributed by atoms with Gasteiger partial charge in [-0.2, -0.15) is 0 Å². The molecule has 0 bridgehead atoms. The summed E-state index contributed by atoms with van der Waals surface area (Å²) >= 11 is 0. The molecular formula is C29H40N2O8. The van der Waals surface area contributed by atoms with Crippen LogP contribution in [0.1, 0.15) is 102 Å². The van der Waals surface area contributed by atoms with E-state index in [0.717, 1.165) is 23.5 Å². The molecule has 214 valence electrons. The summed E-state index contributed by atoms with van der Waals surface area (Å²) in [5.41, 5.74) is 4.00. The van der Waals surface area contributed by atoms with Crippen molar-refractivity contribution >= 4 is 23.9 Å². The van der Waals surface area contributed by atoms with E-state index in [1.54, 1.807) is 12.1 Å². The highest BCUT2D eigenvalue weighted by atomic mass is 16.5. The van der Waals surface area contributed by atoms with Crippen LogP contribution in [0.3, 0.4) is 0 Å².